The zero-order valence-electron chi connectivity index (χ0n) is 16.8. The summed E-state index contributed by atoms with van der Waals surface area (Å²) >= 11 is 1.40. The molecule has 2 aromatic heterocycles. The molecule has 1 saturated carbocycles. The third-order valence-electron chi connectivity index (χ3n) is 5.77. The summed E-state index contributed by atoms with van der Waals surface area (Å²) in [6, 6.07) is 9.67. The molecule has 3 heterocycles. The molecule has 0 radical (unpaired) electrons. The molecule has 0 spiro atoms. The lowest BCUT2D eigenvalue weighted by molar-refractivity contribution is -0.125. The van der Waals surface area contributed by atoms with Crippen molar-refractivity contribution in [3.63, 3.8) is 0 Å². The zero-order chi connectivity index (χ0) is 20.7. The van der Waals surface area contributed by atoms with Gasteiger partial charge in [-0.3, -0.25) is 9.59 Å². The first kappa shape index (κ1) is 19.1. The standard InChI is InChI=1S/C22H24N4O3S/c1-29-17-6-2-5-16(12-17)26-21(28)19-18(9-11-30-19)24-22(26)25-10-3-4-14(13-25)20(27)23-15-7-8-15/h2,5-6,9,11-12,14-15H,3-4,7-8,10,13H2,1H3,(H,23,27). The molecule has 2 aliphatic rings. The number of hydrogen-bond acceptors (Lipinski definition) is 6. The second-order valence-electron chi connectivity index (χ2n) is 7.96. The second kappa shape index (κ2) is 7.75. The summed E-state index contributed by atoms with van der Waals surface area (Å²) in [4.78, 5) is 33.0. The van der Waals surface area contributed by atoms with Crippen molar-refractivity contribution in [2.75, 3.05) is 25.1 Å². The van der Waals surface area contributed by atoms with Crippen molar-refractivity contribution >= 4 is 33.4 Å². The Kier molecular flexibility index (Phi) is 4.94. The Hall–Kier alpha value is -2.87. The van der Waals surface area contributed by atoms with Crippen LogP contribution in [0.15, 0.2) is 40.5 Å². The highest BCUT2D eigenvalue weighted by Gasteiger charge is 2.32. The van der Waals surface area contributed by atoms with Crippen molar-refractivity contribution in [1.82, 2.24) is 14.9 Å². The van der Waals surface area contributed by atoms with Gasteiger partial charge in [0, 0.05) is 25.2 Å². The van der Waals surface area contributed by atoms with Gasteiger partial charge in [0.25, 0.3) is 5.56 Å². The van der Waals surface area contributed by atoms with E-state index >= 15 is 0 Å². The van der Waals surface area contributed by atoms with Crippen LogP contribution < -0.4 is 20.5 Å². The van der Waals surface area contributed by atoms with Gasteiger partial charge in [0.1, 0.15) is 10.4 Å². The van der Waals surface area contributed by atoms with Gasteiger partial charge >= 0.3 is 0 Å². The molecular weight excluding hydrogens is 400 g/mol. The number of nitrogens with one attached hydrogen (secondary N) is 1. The van der Waals surface area contributed by atoms with E-state index in [-0.39, 0.29) is 17.4 Å². The van der Waals surface area contributed by atoms with Crippen LogP contribution in [0.25, 0.3) is 15.9 Å². The largest absolute Gasteiger partial charge is 0.497 e. The number of hydrogen-bond donors (Lipinski definition) is 1. The van der Waals surface area contributed by atoms with Gasteiger partial charge in [0.2, 0.25) is 11.9 Å². The molecular formula is C22H24N4O3S. The average Bonchev–Trinajstić information content (AvgIpc) is 3.46. The lowest BCUT2D eigenvalue weighted by Crippen LogP contribution is -2.45. The average molecular weight is 425 g/mol. The number of carbonyl (C=O) groups excluding carboxylic acids is 1. The molecule has 1 unspecified atom stereocenters. The Morgan fingerprint density at radius 3 is 2.93 bits per heavy atom. The number of piperidine rings is 1. The summed E-state index contributed by atoms with van der Waals surface area (Å²) in [5.41, 5.74) is 1.31. The van der Waals surface area contributed by atoms with Crippen molar-refractivity contribution in [1.29, 1.82) is 0 Å². The van der Waals surface area contributed by atoms with Crippen molar-refractivity contribution < 1.29 is 9.53 Å². The van der Waals surface area contributed by atoms with E-state index in [2.05, 4.69) is 10.2 Å². The monoisotopic (exact) mass is 424 g/mol. The van der Waals surface area contributed by atoms with Gasteiger partial charge in [-0.25, -0.2) is 9.55 Å². The maximum atomic E-state index is 13.4. The van der Waals surface area contributed by atoms with Crippen LogP contribution in [-0.2, 0) is 4.79 Å². The van der Waals surface area contributed by atoms with Crippen molar-refractivity contribution in [2.45, 2.75) is 31.7 Å². The van der Waals surface area contributed by atoms with Crippen LogP contribution in [0, 0.1) is 5.92 Å². The molecule has 5 rings (SSSR count). The van der Waals surface area contributed by atoms with E-state index < -0.39 is 0 Å². The number of ether oxygens (including phenoxy) is 1. The predicted octanol–water partition coefficient (Wildman–Crippen LogP) is 2.95. The molecule has 1 aliphatic carbocycles. The smallest absolute Gasteiger partial charge is 0.277 e. The zero-order valence-corrected chi connectivity index (χ0v) is 17.7. The Bertz CT molecular complexity index is 1150. The lowest BCUT2D eigenvalue weighted by Gasteiger charge is -2.34. The number of fused-ring (bicyclic) bond motifs is 1. The summed E-state index contributed by atoms with van der Waals surface area (Å²) in [5.74, 6) is 1.29. The topological polar surface area (TPSA) is 76.5 Å². The minimum absolute atomic E-state index is 0.0896. The molecule has 2 fully saturated rings. The van der Waals surface area contributed by atoms with Gasteiger partial charge in [0.05, 0.1) is 24.2 Å². The Morgan fingerprint density at radius 2 is 2.13 bits per heavy atom. The molecule has 1 amide bonds. The van der Waals surface area contributed by atoms with Crippen molar-refractivity contribution in [2.24, 2.45) is 5.92 Å². The highest BCUT2D eigenvalue weighted by atomic mass is 32.1. The van der Waals surface area contributed by atoms with Crippen molar-refractivity contribution in [3.8, 4) is 11.4 Å². The van der Waals surface area contributed by atoms with Gasteiger partial charge < -0.3 is 15.0 Å². The molecule has 1 aromatic carbocycles. The number of rotatable bonds is 5. The Morgan fingerprint density at radius 1 is 1.27 bits per heavy atom. The number of anilines is 1. The van der Waals surface area contributed by atoms with Gasteiger partial charge in [-0.05, 0) is 49.3 Å². The number of nitrogens with zero attached hydrogens (tertiary/aromatic N) is 3. The van der Waals surface area contributed by atoms with Gasteiger partial charge in [-0.1, -0.05) is 6.07 Å². The lowest BCUT2D eigenvalue weighted by atomic mass is 9.97. The summed E-state index contributed by atoms with van der Waals surface area (Å²) in [6.07, 6.45) is 3.90. The quantitative estimate of drug-likeness (QED) is 0.682. The SMILES string of the molecule is COc1cccc(-n2c(N3CCCC(C(=O)NC4CC4)C3)nc3ccsc3c2=O)c1. The summed E-state index contributed by atoms with van der Waals surface area (Å²) in [5, 5.41) is 5.01. The van der Waals surface area contributed by atoms with E-state index in [9.17, 15) is 9.59 Å². The highest BCUT2D eigenvalue weighted by molar-refractivity contribution is 7.17. The number of aromatic nitrogens is 2. The van der Waals surface area contributed by atoms with E-state index in [1.54, 1.807) is 11.7 Å². The number of carbonyl (C=O) groups is 1. The fourth-order valence-corrected chi connectivity index (χ4v) is 4.77. The second-order valence-corrected chi connectivity index (χ2v) is 8.87. The molecule has 3 aromatic rings. The summed E-state index contributed by atoms with van der Waals surface area (Å²) in [7, 11) is 1.61. The third kappa shape index (κ3) is 3.56. The van der Waals surface area contributed by atoms with E-state index in [0.717, 1.165) is 32.2 Å². The first-order chi connectivity index (χ1) is 14.6. The van der Waals surface area contributed by atoms with Gasteiger partial charge in [-0.15, -0.1) is 11.3 Å². The van der Waals surface area contributed by atoms with E-state index in [1.807, 2.05) is 35.7 Å². The molecule has 8 heteroatoms. The molecule has 7 nitrogen and oxygen atoms in total. The Balaban J connectivity index is 1.57. The molecule has 1 atom stereocenters. The normalized spacial score (nSPS) is 19.1. The number of amides is 1. The molecule has 0 bridgehead atoms. The summed E-state index contributed by atoms with van der Waals surface area (Å²) in [6.45, 7) is 1.32. The number of thiophene rings is 1. The molecule has 30 heavy (non-hydrogen) atoms. The van der Waals surface area contributed by atoms with E-state index in [4.69, 9.17) is 9.72 Å². The first-order valence-corrected chi connectivity index (χ1v) is 11.2. The van der Waals surface area contributed by atoms with Crippen LogP contribution in [0.2, 0.25) is 0 Å². The molecule has 1 aliphatic heterocycles. The van der Waals surface area contributed by atoms with Gasteiger partial charge in [-0.2, -0.15) is 0 Å². The van der Waals surface area contributed by atoms with Crippen LogP contribution in [0.1, 0.15) is 25.7 Å². The fourth-order valence-electron chi connectivity index (χ4n) is 4.01. The molecule has 1 N–H and O–H groups in total. The van der Waals surface area contributed by atoms with Crippen LogP contribution in [0.5, 0.6) is 5.75 Å². The minimum atomic E-state index is -0.0946. The number of methoxy groups -OCH3 is 1. The Labute approximate surface area is 178 Å². The third-order valence-corrected chi connectivity index (χ3v) is 6.66. The van der Waals surface area contributed by atoms with Crippen LogP contribution in [0.3, 0.4) is 0 Å². The summed E-state index contributed by atoms with van der Waals surface area (Å²) < 4.78 is 7.65. The first-order valence-electron chi connectivity index (χ1n) is 10.3. The predicted molar refractivity (Wildman–Crippen MR) is 118 cm³/mol. The highest BCUT2D eigenvalue weighted by Crippen LogP contribution is 2.28. The maximum absolute atomic E-state index is 13.4. The fraction of sp³-hybridized carbons (Fsp3) is 0.409. The van der Waals surface area contributed by atoms with Crippen LogP contribution in [0.4, 0.5) is 5.95 Å². The van der Waals surface area contributed by atoms with Gasteiger partial charge in [0.15, 0.2) is 0 Å². The van der Waals surface area contributed by atoms with E-state index in [1.165, 1.54) is 11.3 Å². The molecule has 1 saturated heterocycles. The van der Waals surface area contributed by atoms with Crippen LogP contribution in [-0.4, -0.2) is 41.7 Å². The van der Waals surface area contributed by atoms with E-state index in [0.29, 0.717) is 40.2 Å². The molecule has 156 valence electrons. The van der Waals surface area contributed by atoms with Crippen molar-refractivity contribution in [3.05, 3.63) is 46.1 Å². The van der Waals surface area contributed by atoms with Crippen LogP contribution >= 0.6 is 11.3 Å². The number of benzene rings is 1. The maximum Gasteiger partial charge on any atom is 0.277 e. The minimum Gasteiger partial charge on any atom is -0.497 e.